The molecule has 0 heterocycles. The lowest BCUT2D eigenvalue weighted by Crippen LogP contribution is -2.26. The Kier molecular flexibility index (Phi) is 7.36. The fourth-order valence-corrected chi connectivity index (χ4v) is 2.41. The Morgan fingerprint density at radius 1 is 1.08 bits per heavy atom. The molecule has 0 saturated carbocycles. The van der Waals surface area contributed by atoms with E-state index in [2.05, 4.69) is 11.9 Å². The highest BCUT2D eigenvalue weighted by Crippen LogP contribution is 2.25. The number of para-hydroxylation sites is 3. The highest BCUT2D eigenvalue weighted by molar-refractivity contribution is 5.56. The number of aliphatic hydroxyl groups is 1. The maximum Gasteiger partial charge on any atom is 0.142 e. The van der Waals surface area contributed by atoms with Crippen LogP contribution in [-0.2, 0) is 6.42 Å². The van der Waals surface area contributed by atoms with Gasteiger partial charge in [0.25, 0.3) is 0 Å². The van der Waals surface area contributed by atoms with E-state index in [1.165, 1.54) is 0 Å². The Bertz CT molecular complexity index is 670. The fraction of sp³-hybridized carbons (Fsp3) is 0.333. The van der Waals surface area contributed by atoms with E-state index in [1.54, 1.807) is 0 Å². The SMILES string of the molecule is C=CCc1ccccc1OCC(O)CNc1ccccc1OC(C)C. The average molecular weight is 341 g/mol. The van der Waals surface area contributed by atoms with E-state index in [-0.39, 0.29) is 12.7 Å². The van der Waals surface area contributed by atoms with Crippen LogP contribution in [0.25, 0.3) is 0 Å². The zero-order valence-electron chi connectivity index (χ0n) is 14.9. The van der Waals surface area contributed by atoms with Crippen molar-refractivity contribution in [3.63, 3.8) is 0 Å². The van der Waals surface area contributed by atoms with Gasteiger partial charge in [0.2, 0.25) is 0 Å². The Balaban J connectivity index is 1.87. The van der Waals surface area contributed by atoms with Gasteiger partial charge < -0.3 is 19.9 Å². The van der Waals surface area contributed by atoms with Gasteiger partial charge in [0.1, 0.15) is 24.2 Å². The van der Waals surface area contributed by atoms with Crippen LogP contribution < -0.4 is 14.8 Å². The minimum atomic E-state index is -0.635. The molecule has 0 aliphatic heterocycles. The Morgan fingerprint density at radius 2 is 1.76 bits per heavy atom. The highest BCUT2D eigenvalue weighted by Gasteiger charge is 2.10. The summed E-state index contributed by atoms with van der Waals surface area (Å²) in [4.78, 5) is 0. The lowest BCUT2D eigenvalue weighted by atomic mass is 10.1. The first-order valence-corrected chi connectivity index (χ1v) is 8.59. The van der Waals surface area contributed by atoms with Gasteiger partial charge in [0.05, 0.1) is 11.8 Å². The van der Waals surface area contributed by atoms with Gasteiger partial charge >= 0.3 is 0 Å². The summed E-state index contributed by atoms with van der Waals surface area (Å²) in [5, 5.41) is 13.4. The number of anilines is 1. The zero-order chi connectivity index (χ0) is 18.1. The molecule has 25 heavy (non-hydrogen) atoms. The van der Waals surface area contributed by atoms with Crippen molar-refractivity contribution in [3.05, 3.63) is 66.7 Å². The van der Waals surface area contributed by atoms with Gasteiger partial charge in [-0.25, -0.2) is 0 Å². The molecule has 2 N–H and O–H groups in total. The molecule has 1 atom stereocenters. The predicted molar refractivity (Wildman–Crippen MR) is 103 cm³/mol. The lowest BCUT2D eigenvalue weighted by molar-refractivity contribution is 0.117. The first kappa shape index (κ1) is 18.9. The van der Waals surface area contributed by atoms with Crippen LogP contribution >= 0.6 is 0 Å². The maximum absolute atomic E-state index is 10.2. The molecule has 4 nitrogen and oxygen atoms in total. The Morgan fingerprint density at radius 3 is 2.48 bits per heavy atom. The fourth-order valence-electron chi connectivity index (χ4n) is 2.41. The van der Waals surface area contributed by atoms with Crippen molar-refractivity contribution >= 4 is 5.69 Å². The second-order valence-corrected chi connectivity index (χ2v) is 6.11. The number of rotatable bonds is 10. The van der Waals surface area contributed by atoms with Crippen molar-refractivity contribution < 1.29 is 14.6 Å². The summed E-state index contributed by atoms with van der Waals surface area (Å²) in [6.07, 6.45) is 2.04. The lowest BCUT2D eigenvalue weighted by Gasteiger charge is -2.18. The predicted octanol–water partition coefficient (Wildman–Crippen LogP) is 4.05. The van der Waals surface area contributed by atoms with E-state index in [0.717, 1.165) is 29.2 Å². The summed E-state index contributed by atoms with van der Waals surface area (Å²) >= 11 is 0. The van der Waals surface area contributed by atoms with Crippen LogP contribution in [0.4, 0.5) is 5.69 Å². The molecule has 134 valence electrons. The first-order chi connectivity index (χ1) is 12.1. The number of benzene rings is 2. The van der Waals surface area contributed by atoms with E-state index in [0.29, 0.717) is 6.54 Å². The standard InChI is InChI=1S/C21H27NO3/c1-4-9-17-10-5-7-12-20(17)24-15-18(23)14-22-19-11-6-8-13-21(19)25-16(2)3/h4-8,10-13,16,18,22-23H,1,9,14-15H2,2-3H3. The molecule has 0 aliphatic rings. The van der Waals surface area contributed by atoms with Crippen molar-refractivity contribution in [2.75, 3.05) is 18.5 Å². The third-order valence-corrected chi connectivity index (χ3v) is 3.55. The Hall–Kier alpha value is -2.46. The minimum absolute atomic E-state index is 0.0950. The number of allylic oxidation sites excluding steroid dienone is 1. The molecule has 0 aromatic heterocycles. The normalized spacial score (nSPS) is 11.8. The minimum Gasteiger partial charge on any atom is -0.491 e. The summed E-state index contributed by atoms with van der Waals surface area (Å²) in [6, 6.07) is 15.5. The molecular formula is C21H27NO3. The van der Waals surface area contributed by atoms with Gasteiger partial charge in [-0.05, 0) is 44.0 Å². The zero-order valence-corrected chi connectivity index (χ0v) is 14.9. The van der Waals surface area contributed by atoms with Crippen molar-refractivity contribution in [3.8, 4) is 11.5 Å². The van der Waals surface area contributed by atoms with Crippen LogP contribution in [0.15, 0.2) is 61.2 Å². The van der Waals surface area contributed by atoms with Gasteiger partial charge in [-0.2, -0.15) is 0 Å². The monoisotopic (exact) mass is 341 g/mol. The van der Waals surface area contributed by atoms with Gasteiger partial charge in [0.15, 0.2) is 0 Å². The van der Waals surface area contributed by atoms with Crippen LogP contribution in [0.5, 0.6) is 11.5 Å². The van der Waals surface area contributed by atoms with E-state index < -0.39 is 6.10 Å². The van der Waals surface area contributed by atoms with Crippen molar-refractivity contribution in [2.24, 2.45) is 0 Å². The summed E-state index contributed by atoms with van der Waals surface area (Å²) in [7, 11) is 0. The van der Waals surface area contributed by atoms with Crippen molar-refractivity contribution in [2.45, 2.75) is 32.5 Å². The molecule has 2 aromatic carbocycles. The quantitative estimate of drug-likeness (QED) is 0.640. The number of hydrogen-bond donors (Lipinski definition) is 2. The molecule has 0 aliphatic carbocycles. The molecule has 0 spiro atoms. The molecule has 0 amide bonds. The number of aliphatic hydroxyl groups excluding tert-OH is 1. The van der Waals surface area contributed by atoms with E-state index in [4.69, 9.17) is 9.47 Å². The topological polar surface area (TPSA) is 50.7 Å². The smallest absolute Gasteiger partial charge is 0.142 e. The van der Waals surface area contributed by atoms with Crippen LogP contribution in [0.1, 0.15) is 19.4 Å². The summed E-state index contributed by atoms with van der Waals surface area (Å²) in [6.45, 7) is 8.32. The number of nitrogens with one attached hydrogen (secondary N) is 1. The largest absolute Gasteiger partial charge is 0.491 e. The van der Waals surface area contributed by atoms with Gasteiger partial charge in [0, 0.05) is 6.54 Å². The van der Waals surface area contributed by atoms with E-state index in [1.807, 2.05) is 68.5 Å². The summed E-state index contributed by atoms with van der Waals surface area (Å²) < 4.78 is 11.5. The number of hydrogen-bond acceptors (Lipinski definition) is 4. The molecule has 1 unspecified atom stereocenters. The third kappa shape index (κ3) is 6.16. The molecule has 0 bridgehead atoms. The maximum atomic E-state index is 10.2. The second kappa shape index (κ2) is 9.74. The van der Waals surface area contributed by atoms with Crippen molar-refractivity contribution in [1.82, 2.24) is 0 Å². The van der Waals surface area contributed by atoms with Crippen molar-refractivity contribution in [1.29, 1.82) is 0 Å². The summed E-state index contributed by atoms with van der Waals surface area (Å²) in [5.41, 5.74) is 1.93. The molecule has 2 aromatic rings. The molecule has 0 radical (unpaired) electrons. The van der Waals surface area contributed by atoms with Crippen LogP contribution in [0, 0.1) is 0 Å². The molecular weight excluding hydrogens is 314 g/mol. The molecule has 2 rings (SSSR count). The summed E-state index contributed by atoms with van der Waals surface area (Å²) in [5.74, 6) is 1.56. The molecule has 0 saturated heterocycles. The van der Waals surface area contributed by atoms with Crippen LogP contribution in [0.3, 0.4) is 0 Å². The van der Waals surface area contributed by atoms with Crippen LogP contribution in [0.2, 0.25) is 0 Å². The number of ether oxygens (including phenoxy) is 2. The van der Waals surface area contributed by atoms with E-state index >= 15 is 0 Å². The third-order valence-electron chi connectivity index (χ3n) is 3.55. The van der Waals surface area contributed by atoms with Gasteiger partial charge in [-0.15, -0.1) is 6.58 Å². The van der Waals surface area contributed by atoms with Crippen LogP contribution in [-0.4, -0.2) is 30.5 Å². The van der Waals surface area contributed by atoms with Gasteiger partial charge in [-0.3, -0.25) is 0 Å². The molecule has 4 heteroatoms. The average Bonchev–Trinajstić information content (AvgIpc) is 2.60. The first-order valence-electron chi connectivity index (χ1n) is 8.59. The van der Waals surface area contributed by atoms with E-state index in [9.17, 15) is 5.11 Å². The molecule has 0 fully saturated rings. The second-order valence-electron chi connectivity index (χ2n) is 6.11. The Labute approximate surface area is 150 Å². The highest BCUT2D eigenvalue weighted by atomic mass is 16.5. The van der Waals surface area contributed by atoms with Gasteiger partial charge in [-0.1, -0.05) is 36.4 Å².